The number of alkyl halides is 1. The zero-order valence-electron chi connectivity index (χ0n) is 6.02. The predicted octanol–water partition coefficient (Wildman–Crippen LogP) is 0.534. The predicted molar refractivity (Wildman–Crippen MR) is 43.3 cm³/mol. The number of carbonyl (C=O) groups is 1. The number of hydrogen-bond donors (Lipinski definition) is 1. The van der Waals surface area contributed by atoms with Gasteiger partial charge in [-0.05, 0) is 6.92 Å². The minimum Gasteiger partial charge on any atom is -0.371 e. The average Bonchev–Trinajstić information content (AvgIpc) is 1.89. The van der Waals surface area contributed by atoms with E-state index in [2.05, 4.69) is 21.2 Å². The molecule has 0 atom stereocenters. The van der Waals surface area contributed by atoms with Gasteiger partial charge >= 0.3 is 0 Å². The quantitative estimate of drug-likeness (QED) is 0.531. The van der Waals surface area contributed by atoms with Crippen molar-refractivity contribution in [3.63, 3.8) is 0 Å². The van der Waals surface area contributed by atoms with E-state index in [0.717, 1.165) is 5.33 Å². The van der Waals surface area contributed by atoms with Gasteiger partial charge in [-0.2, -0.15) is 0 Å². The minimum absolute atomic E-state index is 0.0524. The van der Waals surface area contributed by atoms with Gasteiger partial charge in [-0.1, -0.05) is 15.9 Å². The minimum atomic E-state index is -0.0524. The highest BCUT2D eigenvalue weighted by Crippen LogP contribution is 1.81. The topological polar surface area (TPSA) is 38.3 Å². The Hall–Kier alpha value is -0.0900. The van der Waals surface area contributed by atoms with Crippen LogP contribution >= 0.6 is 15.9 Å². The highest BCUT2D eigenvalue weighted by atomic mass is 79.9. The second-order valence-corrected chi connectivity index (χ2v) is 2.49. The van der Waals surface area contributed by atoms with E-state index in [-0.39, 0.29) is 12.5 Å². The number of ether oxygens (including phenoxy) is 1. The summed E-state index contributed by atoms with van der Waals surface area (Å²) in [5, 5.41) is 3.40. The Morgan fingerprint density at radius 3 is 2.90 bits per heavy atom. The lowest BCUT2D eigenvalue weighted by Gasteiger charge is -2.01. The van der Waals surface area contributed by atoms with Gasteiger partial charge in [-0.15, -0.1) is 0 Å². The Labute approximate surface area is 69.3 Å². The van der Waals surface area contributed by atoms with Gasteiger partial charge in [-0.25, -0.2) is 0 Å². The summed E-state index contributed by atoms with van der Waals surface area (Å²) < 4.78 is 4.94. The van der Waals surface area contributed by atoms with Crippen LogP contribution in [-0.2, 0) is 9.53 Å². The third-order valence-corrected chi connectivity index (χ3v) is 1.15. The number of rotatable bonds is 5. The molecule has 0 spiro atoms. The first-order valence-electron chi connectivity index (χ1n) is 3.21. The van der Waals surface area contributed by atoms with E-state index in [1.807, 2.05) is 6.92 Å². The van der Waals surface area contributed by atoms with E-state index in [0.29, 0.717) is 13.2 Å². The molecule has 60 valence electrons. The molecule has 0 aromatic rings. The van der Waals surface area contributed by atoms with E-state index < -0.39 is 0 Å². The van der Waals surface area contributed by atoms with E-state index in [4.69, 9.17) is 4.74 Å². The van der Waals surface area contributed by atoms with Gasteiger partial charge in [-0.3, -0.25) is 4.79 Å². The zero-order valence-corrected chi connectivity index (χ0v) is 7.61. The molecular weight excluding hydrogens is 198 g/mol. The summed E-state index contributed by atoms with van der Waals surface area (Å²) in [7, 11) is 0. The highest BCUT2D eigenvalue weighted by Gasteiger charge is 1.96. The van der Waals surface area contributed by atoms with Crippen molar-refractivity contribution in [2.24, 2.45) is 0 Å². The lowest BCUT2D eigenvalue weighted by atomic mass is 10.6. The van der Waals surface area contributed by atoms with Crippen molar-refractivity contribution in [3.05, 3.63) is 0 Å². The molecule has 1 N–H and O–H groups in total. The number of halogens is 1. The van der Waals surface area contributed by atoms with Crippen LogP contribution < -0.4 is 5.32 Å². The summed E-state index contributed by atoms with van der Waals surface area (Å²) in [6, 6.07) is 0. The van der Waals surface area contributed by atoms with Crippen LogP contribution in [0.5, 0.6) is 0 Å². The maximum Gasteiger partial charge on any atom is 0.245 e. The second kappa shape index (κ2) is 7.02. The SMILES string of the molecule is CCNC(=O)COCCBr. The molecule has 0 aliphatic rings. The molecular formula is C6H12BrNO2. The number of amides is 1. The van der Waals surface area contributed by atoms with E-state index in [1.165, 1.54) is 0 Å². The fourth-order valence-corrected chi connectivity index (χ4v) is 0.697. The average molecular weight is 210 g/mol. The van der Waals surface area contributed by atoms with Gasteiger partial charge in [0.25, 0.3) is 0 Å². The van der Waals surface area contributed by atoms with Crippen LogP contribution in [-0.4, -0.2) is 31.0 Å². The normalized spacial score (nSPS) is 9.40. The Bertz CT molecular complexity index is 97.7. The van der Waals surface area contributed by atoms with Gasteiger partial charge in [0.2, 0.25) is 5.91 Å². The fourth-order valence-electron chi connectivity index (χ4n) is 0.468. The van der Waals surface area contributed by atoms with Gasteiger partial charge in [0.1, 0.15) is 6.61 Å². The van der Waals surface area contributed by atoms with Gasteiger partial charge in [0.15, 0.2) is 0 Å². The maximum atomic E-state index is 10.7. The molecule has 0 aliphatic carbocycles. The molecule has 4 heteroatoms. The van der Waals surface area contributed by atoms with Crippen LogP contribution in [0.3, 0.4) is 0 Å². The van der Waals surface area contributed by atoms with Crippen molar-refractivity contribution < 1.29 is 9.53 Å². The van der Waals surface area contributed by atoms with Crippen LogP contribution in [0, 0.1) is 0 Å². The van der Waals surface area contributed by atoms with Crippen molar-refractivity contribution in [3.8, 4) is 0 Å². The number of nitrogens with one attached hydrogen (secondary N) is 1. The molecule has 0 heterocycles. The highest BCUT2D eigenvalue weighted by molar-refractivity contribution is 9.09. The standard InChI is InChI=1S/C6H12BrNO2/c1-2-8-6(9)5-10-4-3-7/h2-5H2,1H3,(H,8,9). The van der Waals surface area contributed by atoms with E-state index >= 15 is 0 Å². The molecule has 0 radical (unpaired) electrons. The lowest BCUT2D eigenvalue weighted by molar-refractivity contribution is -0.125. The van der Waals surface area contributed by atoms with Crippen molar-refractivity contribution in [2.45, 2.75) is 6.92 Å². The smallest absolute Gasteiger partial charge is 0.245 e. The van der Waals surface area contributed by atoms with Crippen molar-refractivity contribution >= 4 is 21.8 Å². The Balaban J connectivity index is 3.05. The number of hydrogen-bond acceptors (Lipinski definition) is 2. The largest absolute Gasteiger partial charge is 0.371 e. The lowest BCUT2D eigenvalue weighted by Crippen LogP contribution is -2.27. The second-order valence-electron chi connectivity index (χ2n) is 1.70. The number of likely N-dealkylation sites (N-methyl/N-ethyl adjacent to an activating group) is 1. The Morgan fingerprint density at radius 1 is 1.70 bits per heavy atom. The van der Waals surface area contributed by atoms with Crippen molar-refractivity contribution in [1.29, 1.82) is 0 Å². The summed E-state index contributed by atoms with van der Waals surface area (Å²) in [6.45, 7) is 3.29. The van der Waals surface area contributed by atoms with Crippen LogP contribution in [0.15, 0.2) is 0 Å². The first kappa shape index (κ1) is 9.91. The third-order valence-electron chi connectivity index (χ3n) is 0.829. The first-order valence-corrected chi connectivity index (χ1v) is 4.33. The molecule has 10 heavy (non-hydrogen) atoms. The van der Waals surface area contributed by atoms with Crippen molar-refractivity contribution in [1.82, 2.24) is 5.32 Å². The molecule has 0 aliphatic heterocycles. The Morgan fingerprint density at radius 2 is 2.40 bits per heavy atom. The summed E-state index contributed by atoms with van der Waals surface area (Å²) >= 11 is 3.18. The first-order chi connectivity index (χ1) is 4.81. The molecule has 0 rings (SSSR count). The molecule has 0 saturated heterocycles. The fraction of sp³-hybridized carbons (Fsp3) is 0.833. The summed E-state index contributed by atoms with van der Waals surface area (Å²) in [5.74, 6) is -0.0524. The van der Waals surface area contributed by atoms with Crippen molar-refractivity contribution in [2.75, 3.05) is 25.1 Å². The third kappa shape index (κ3) is 6.04. The van der Waals surface area contributed by atoms with E-state index in [9.17, 15) is 4.79 Å². The van der Waals surface area contributed by atoms with Crippen LogP contribution in [0.25, 0.3) is 0 Å². The van der Waals surface area contributed by atoms with Crippen LogP contribution in [0.4, 0.5) is 0 Å². The summed E-state index contributed by atoms with van der Waals surface area (Å²) in [6.07, 6.45) is 0. The Kier molecular flexibility index (Phi) is 6.96. The monoisotopic (exact) mass is 209 g/mol. The van der Waals surface area contributed by atoms with Gasteiger partial charge in [0.05, 0.1) is 6.61 Å². The van der Waals surface area contributed by atoms with E-state index in [1.54, 1.807) is 0 Å². The molecule has 0 unspecified atom stereocenters. The summed E-state index contributed by atoms with van der Waals surface area (Å²) in [4.78, 5) is 10.7. The van der Waals surface area contributed by atoms with Gasteiger partial charge in [0, 0.05) is 11.9 Å². The molecule has 1 amide bonds. The van der Waals surface area contributed by atoms with Gasteiger partial charge < -0.3 is 10.1 Å². The van der Waals surface area contributed by atoms with Crippen LogP contribution in [0.1, 0.15) is 6.92 Å². The number of carbonyl (C=O) groups excluding carboxylic acids is 1. The molecule has 0 fully saturated rings. The molecule has 3 nitrogen and oxygen atoms in total. The molecule has 0 saturated carbocycles. The molecule has 0 aromatic heterocycles. The van der Waals surface area contributed by atoms with Crippen LogP contribution in [0.2, 0.25) is 0 Å². The molecule has 0 aromatic carbocycles. The maximum absolute atomic E-state index is 10.7. The summed E-state index contributed by atoms with van der Waals surface area (Å²) in [5.41, 5.74) is 0. The zero-order chi connectivity index (χ0) is 7.82. The molecule has 0 bridgehead atoms.